The Bertz CT molecular complexity index is 572. The lowest BCUT2D eigenvalue weighted by molar-refractivity contribution is 0.121. The molecule has 2 heterocycles. The molecular formula is C13H16N4O. The van der Waals surface area contributed by atoms with Crippen molar-refractivity contribution in [1.29, 1.82) is 0 Å². The average molecular weight is 244 g/mol. The lowest BCUT2D eigenvalue weighted by Gasteiger charge is -2.17. The predicted molar refractivity (Wildman–Crippen MR) is 71.4 cm³/mol. The summed E-state index contributed by atoms with van der Waals surface area (Å²) in [5.41, 5.74) is 7.60. The number of benzene rings is 1. The molecular weight excluding hydrogens is 228 g/mol. The SMILES string of the molecule is CC1OCCC1Nc1nc2ccccc2nc1N. The van der Waals surface area contributed by atoms with Crippen LogP contribution in [0.25, 0.3) is 11.0 Å². The molecule has 94 valence electrons. The second-order valence-electron chi connectivity index (χ2n) is 4.56. The van der Waals surface area contributed by atoms with Crippen LogP contribution in [-0.2, 0) is 4.74 Å². The van der Waals surface area contributed by atoms with Crippen LogP contribution in [0.1, 0.15) is 13.3 Å². The van der Waals surface area contributed by atoms with Crippen LogP contribution in [0.2, 0.25) is 0 Å². The van der Waals surface area contributed by atoms with Crippen LogP contribution >= 0.6 is 0 Å². The Balaban J connectivity index is 1.93. The van der Waals surface area contributed by atoms with Gasteiger partial charge in [-0.25, -0.2) is 9.97 Å². The number of anilines is 2. The Labute approximate surface area is 105 Å². The van der Waals surface area contributed by atoms with Gasteiger partial charge in [0.1, 0.15) is 0 Å². The molecule has 0 radical (unpaired) electrons. The molecule has 2 aromatic rings. The van der Waals surface area contributed by atoms with Gasteiger partial charge >= 0.3 is 0 Å². The third-order valence-electron chi connectivity index (χ3n) is 3.30. The van der Waals surface area contributed by atoms with Crippen LogP contribution in [0, 0.1) is 0 Å². The number of ether oxygens (including phenoxy) is 1. The van der Waals surface area contributed by atoms with Crippen molar-refractivity contribution in [1.82, 2.24) is 9.97 Å². The number of hydrogen-bond donors (Lipinski definition) is 2. The Morgan fingerprint density at radius 3 is 2.67 bits per heavy atom. The normalized spacial score (nSPS) is 23.4. The van der Waals surface area contributed by atoms with E-state index in [2.05, 4.69) is 22.2 Å². The molecule has 0 bridgehead atoms. The summed E-state index contributed by atoms with van der Waals surface area (Å²) in [4.78, 5) is 8.87. The first-order chi connectivity index (χ1) is 8.74. The number of fused-ring (bicyclic) bond motifs is 1. The number of hydrogen-bond acceptors (Lipinski definition) is 5. The zero-order valence-electron chi connectivity index (χ0n) is 10.3. The largest absolute Gasteiger partial charge is 0.381 e. The highest BCUT2D eigenvalue weighted by molar-refractivity contribution is 5.79. The Kier molecular flexibility index (Phi) is 2.76. The zero-order valence-corrected chi connectivity index (χ0v) is 10.3. The van der Waals surface area contributed by atoms with E-state index in [-0.39, 0.29) is 12.1 Å². The standard InChI is InChI=1S/C13H16N4O/c1-8-9(6-7-18-8)16-13-12(14)15-10-4-2-3-5-11(10)17-13/h2-5,8-9H,6-7H2,1H3,(H2,14,15)(H,16,17). The zero-order chi connectivity index (χ0) is 12.5. The molecule has 18 heavy (non-hydrogen) atoms. The van der Waals surface area contributed by atoms with Gasteiger partial charge in [-0.2, -0.15) is 0 Å². The maximum atomic E-state index is 5.93. The van der Waals surface area contributed by atoms with E-state index in [1.165, 1.54) is 0 Å². The number of nitrogens with two attached hydrogens (primary N) is 1. The van der Waals surface area contributed by atoms with Gasteiger partial charge in [0, 0.05) is 6.61 Å². The van der Waals surface area contributed by atoms with Gasteiger partial charge < -0.3 is 15.8 Å². The summed E-state index contributed by atoms with van der Waals surface area (Å²) in [6.07, 6.45) is 1.15. The van der Waals surface area contributed by atoms with E-state index in [9.17, 15) is 0 Å². The van der Waals surface area contributed by atoms with Crippen molar-refractivity contribution in [2.24, 2.45) is 0 Å². The topological polar surface area (TPSA) is 73.1 Å². The fourth-order valence-electron chi connectivity index (χ4n) is 2.22. The molecule has 1 aliphatic heterocycles. The Morgan fingerprint density at radius 1 is 1.28 bits per heavy atom. The van der Waals surface area contributed by atoms with E-state index in [1.807, 2.05) is 24.3 Å². The number of nitrogen functional groups attached to an aromatic ring is 1. The highest BCUT2D eigenvalue weighted by Crippen LogP contribution is 2.23. The lowest BCUT2D eigenvalue weighted by atomic mass is 10.1. The maximum absolute atomic E-state index is 5.93. The molecule has 1 aliphatic rings. The third kappa shape index (κ3) is 1.97. The van der Waals surface area contributed by atoms with Crippen LogP contribution < -0.4 is 11.1 Å². The second-order valence-corrected chi connectivity index (χ2v) is 4.56. The lowest BCUT2D eigenvalue weighted by Crippen LogP contribution is -2.27. The first kappa shape index (κ1) is 11.2. The second kappa shape index (κ2) is 4.42. The highest BCUT2D eigenvalue weighted by atomic mass is 16.5. The average Bonchev–Trinajstić information content (AvgIpc) is 2.76. The molecule has 3 N–H and O–H groups in total. The number of rotatable bonds is 2. The summed E-state index contributed by atoms with van der Waals surface area (Å²) in [7, 11) is 0. The fourth-order valence-corrected chi connectivity index (χ4v) is 2.22. The highest BCUT2D eigenvalue weighted by Gasteiger charge is 2.25. The first-order valence-corrected chi connectivity index (χ1v) is 6.14. The van der Waals surface area contributed by atoms with Crippen molar-refractivity contribution >= 4 is 22.7 Å². The van der Waals surface area contributed by atoms with Gasteiger partial charge in [0.15, 0.2) is 11.6 Å². The van der Waals surface area contributed by atoms with Gasteiger partial charge in [0.05, 0.1) is 23.2 Å². The van der Waals surface area contributed by atoms with Crippen molar-refractivity contribution in [3.63, 3.8) is 0 Å². The molecule has 1 aromatic heterocycles. The van der Waals surface area contributed by atoms with Crippen molar-refractivity contribution in [2.75, 3.05) is 17.7 Å². The molecule has 1 fully saturated rings. The van der Waals surface area contributed by atoms with Crippen LogP contribution in [0.3, 0.4) is 0 Å². The van der Waals surface area contributed by atoms with E-state index in [1.54, 1.807) is 0 Å². The minimum Gasteiger partial charge on any atom is -0.381 e. The molecule has 2 atom stereocenters. The fraction of sp³-hybridized carbons (Fsp3) is 0.385. The number of aromatic nitrogens is 2. The quantitative estimate of drug-likeness (QED) is 0.842. The molecule has 0 amide bonds. The van der Waals surface area contributed by atoms with Crippen molar-refractivity contribution < 1.29 is 4.74 Å². The number of para-hydroxylation sites is 2. The van der Waals surface area contributed by atoms with Gasteiger partial charge in [-0.15, -0.1) is 0 Å². The summed E-state index contributed by atoms with van der Waals surface area (Å²) >= 11 is 0. The summed E-state index contributed by atoms with van der Waals surface area (Å²) in [5, 5.41) is 3.33. The molecule has 0 aliphatic carbocycles. The Hall–Kier alpha value is -1.88. The van der Waals surface area contributed by atoms with Gasteiger partial charge in [-0.1, -0.05) is 12.1 Å². The minimum absolute atomic E-state index is 0.178. The van der Waals surface area contributed by atoms with E-state index >= 15 is 0 Å². The summed E-state index contributed by atoms with van der Waals surface area (Å²) < 4.78 is 5.51. The van der Waals surface area contributed by atoms with Crippen LogP contribution in [-0.4, -0.2) is 28.7 Å². The van der Waals surface area contributed by atoms with Gasteiger partial charge in [-0.3, -0.25) is 0 Å². The van der Waals surface area contributed by atoms with Crippen LogP contribution in [0.4, 0.5) is 11.6 Å². The Morgan fingerprint density at radius 2 is 2.00 bits per heavy atom. The predicted octanol–water partition coefficient (Wildman–Crippen LogP) is 1.80. The molecule has 5 nitrogen and oxygen atoms in total. The van der Waals surface area contributed by atoms with E-state index in [0.29, 0.717) is 11.6 Å². The third-order valence-corrected chi connectivity index (χ3v) is 3.30. The van der Waals surface area contributed by atoms with Crippen LogP contribution in [0.5, 0.6) is 0 Å². The summed E-state index contributed by atoms with van der Waals surface area (Å²) in [6, 6.07) is 7.96. The molecule has 1 saturated heterocycles. The summed E-state index contributed by atoms with van der Waals surface area (Å²) in [5.74, 6) is 1.09. The molecule has 1 aromatic carbocycles. The van der Waals surface area contributed by atoms with E-state index in [0.717, 1.165) is 24.1 Å². The van der Waals surface area contributed by atoms with Crippen LogP contribution in [0.15, 0.2) is 24.3 Å². The van der Waals surface area contributed by atoms with Gasteiger partial charge in [-0.05, 0) is 25.5 Å². The minimum atomic E-state index is 0.178. The maximum Gasteiger partial charge on any atom is 0.169 e. The van der Waals surface area contributed by atoms with Crippen molar-refractivity contribution in [3.05, 3.63) is 24.3 Å². The molecule has 3 rings (SSSR count). The van der Waals surface area contributed by atoms with Gasteiger partial charge in [0.2, 0.25) is 0 Å². The van der Waals surface area contributed by atoms with Crippen molar-refractivity contribution in [3.8, 4) is 0 Å². The molecule has 2 unspecified atom stereocenters. The molecule has 5 heteroatoms. The van der Waals surface area contributed by atoms with Gasteiger partial charge in [0.25, 0.3) is 0 Å². The monoisotopic (exact) mass is 244 g/mol. The number of nitrogens with one attached hydrogen (secondary N) is 1. The van der Waals surface area contributed by atoms with E-state index < -0.39 is 0 Å². The smallest absolute Gasteiger partial charge is 0.169 e. The van der Waals surface area contributed by atoms with E-state index in [4.69, 9.17) is 10.5 Å². The molecule has 0 saturated carbocycles. The molecule has 0 spiro atoms. The van der Waals surface area contributed by atoms with Crippen molar-refractivity contribution in [2.45, 2.75) is 25.5 Å². The summed E-state index contributed by atoms with van der Waals surface area (Å²) in [6.45, 7) is 2.83. The first-order valence-electron chi connectivity index (χ1n) is 6.14. The number of nitrogens with zero attached hydrogens (tertiary/aromatic N) is 2.